The molecule has 0 unspecified atom stereocenters. The van der Waals surface area contributed by atoms with Crippen LogP contribution in [0.3, 0.4) is 0 Å². The summed E-state index contributed by atoms with van der Waals surface area (Å²) >= 11 is 0. The van der Waals surface area contributed by atoms with E-state index >= 15 is 0 Å². The number of carbonyl (C=O) groups excluding carboxylic acids is 1. The van der Waals surface area contributed by atoms with Crippen molar-refractivity contribution in [2.24, 2.45) is 0 Å². The first-order chi connectivity index (χ1) is 14.2. The third-order valence-electron chi connectivity index (χ3n) is 5.35. The molecule has 2 aliphatic rings. The summed E-state index contributed by atoms with van der Waals surface area (Å²) in [5.41, 5.74) is 3.11. The molecule has 1 aromatic heterocycles. The van der Waals surface area contributed by atoms with Gasteiger partial charge in [-0.3, -0.25) is 9.69 Å². The van der Waals surface area contributed by atoms with E-state index in [1.807, 2.05) is 4.90 Å². The highest BCUT2D eigenvalue weighted by molar-refractivity contribution is 5.96. The van der Waals surface area contributed by atoms with Gasteiger partial charge in [0.25, 0.3) is 5.91 Å². The van der Waals surface area contributed by atoms with Crippen molar-refractivity contribution in [2.75, 3.05) is 53.1 Å². The molecule has 1 fully saturated rings. The van der Waals surface area contributed by atoms with Gasteiger partial charge in [-0.15, -0.1) is 0 Å². The molecule has 0 spiro atoms. The van der Waals surface area contributed by atoms with Crippen LogP contribution < -0.4 is 9.47 Å². The smallest absolute Gasteiger partial charge is 0.259 e. The molecule has 2 aliphatic heterocycles. The van der Waals surface area contributed by atoms with Gasteiger partial charge < -0.3 is 19.1 Å². The zero-order valence-electron chi connectivity index (χ0n) is 16.8. The lowest BCUT2D eigenvalue weighted by Crippen LogP contribution is -2.48. The van der Waals surface area contributed by atoms with Crippen LogP contribution in [0.4, 0.5) is 0 Å². The Morgan fingerprint density at radius 3 is 2.86 bits per heavy atom. The Bertz CT molecular complexity index is 850. The summed E-state index contributed by atoms with van der Waals surface area (Å²) < 4.78 is 16.2. The van der Waals surface area contributed by atoms with E-state index in [4.69, 9.17) is 14.2 Å². The fraction of sp³-hybridized carbons (Fsp3) is 0.455. The van der Waals surface area contributed by atoms with Gasteiger partial charge in [0.05, 0.1) is 13.2 Å². The summed E-state index contributed by atoms with van der Waals surface area (Å²) in [6.45, 7) is 5.58. The average molecular weight is 397 g/mol. The molecular formula is C22H27N3O4. The summed E-state index contributed by atoms with van der Waals surface area (Å²) in [5.74, 6) is 1.36. The standard InChI is InChI=1S/C22H27N3O4/c1-27-13-14-29-21-19(3-2-7-23-21)22(26)25-10-8-24(9-11-25)16-17-4-5-20-18(15-17)6-12-28-20/h2-5,7,15H,6,8-14,16H2,1H3. The average Bonchev–Trinajstić information content (AvgIpc) is 3.22. The highest BCUT2D eigenvalue weighted by Gasteiger charge is 2.25. The molecule has 1 amide bonds. The van der Waals surface area contributed by atoms with E-state index in [9.17, 15) is 4.79 Å². The predicted molar refractivity (Wildman–Crippen MR) is 108 cm³/mol. The van der Waals surface area contributed by atoms with Crippen LogP contribution in [0.5, 0.6) is 11.6 Å². The number of hydrogen-bond donors (Lipinski definition) is 0. The van der Waals surface area contributed by atoms with E-state index in [0.717, 1.165) is 38.4 Å². The summed E-state index contributed by atoms with van der Waals surface area (Å²) in [6.07, 6.45) is 2.63. The summed E-state index contributed by atoms with van der Waals surface area (Å²) in [5, 5.41) is 0. The number of benzene rings is 1. The zero-order valence-corrected chi connectivity index (χ0v) is 16.8. The number of piperazine rings is 1. The van der Waals surface area contributed by atoms with Crippen molar-refractivity contribution in [2.45, 2.75) is 13.0 Å². The molecule has 1 aromatic carbocycles. The summed E-state index contributed by atoms with van der Waals surface area (Å²) in [7, 11) is 1.61. The lowest BCUT2D eigenvalue weighted by molar-refractivity contribution is 0.0621. The fourth-order valence-electron chi connectivity index (χ4n) is 3.77. The van der Waals surface area contributed by atoms with Crippen LogP contribution >= 0.6 is 0 Å². The van der Waals surface area contributed by atoms with Crippen molar-refractivity contribution < 1.29 is 19.0 Å². The minimum Gasteiger partial charge on any atom is -0.493 e. The monoisotopic (exact) mass is 397 g/mol. The Hall–Kier alpha value is -2.64. The number of hydrogen-bond acceptors (Lipinski definition) is 6. The predicted octanol–water partition coefficient (Wildman–Crippen LogP) is 2.00. The van der Waals surface area contributed by atoms with Crippen molar-refractivity contribution in [1.29, 1.82) is 0 Å². The first-order valence-electron chi connectivity index (χ1n) is 10.1. The molecule has 2 aromatic rings. The zero-order chi connectivity index (χ0) is 20.1. The molecule has 0 aliphatic carbocycles. The first-order valence-corrected chi connectivity index (χ1v) is 10.1. The molecule has 154 valence electrons. The Morgan fingerprint density at radius 1 is 1.17 bits per heavy atom. The quantitative estimate of drug-likeness (QED) is 0.666. The van der Waals surface area contributed by atoms with E-state index < -0.39 is 0 Å². The van der Waals surface area contributed by atoms with Gasteiger partial charge in [-0.2, -0.15) is 0 Å². The molecule has 7 heteroatoms. The van der Waals surface area contributed by atoms with Crippen molar-refractivity contribution >= 4 is 5.91 Å². The highest BCUT2D eigenvalue weighted by Crippen LogP contribution is 2.26. The number of nitrogens with zero attached hydrogens (tertiary/aromatic N) is 3. The molecule has 0 saturated carbocycles. The van der Waals surface area contributed by atoms with E-state index in [0.29, 0.717) is 37.7 Å². The maximum absolute atomic E-state index is 13.0. The lowest BCUT2D eigenvalue weighted by atomic mass is 10.1. The first kappa shape index (κ1) is 19.7. The number of rotatable bonds is 7. The van der Waals surface area contributed by atoms with E-state index in [2.05, 4.69) is 28.1 Å². The van der Waals surface area contributed by atoms with Gasteiger partial charge in [0.2, 0.25) is 5.88 Å². The minimum absolute atomic E-state index is 0.0279. The minimum atomic E-state index is -0.0279. The second-order valence-corrected chi connectivity index (χ2v) is 7.31. The van der Waals surface area contributed by atoms with Crippen molar-refractivity contribution in [3.8, 4) is 11.6 Å². The Labute approximate surface area is 171 Å². The highest BCUT2D eigenvalue weighted by atomic mass is 16.5. The van der Waals surface area contributed by atoms with Crippen LogP contribution in [0.1, 0.15) is 21.5 Å². The van der Waals surface area contributed by atoms with Crippen LogP contribution in [0.2, 0.25) is 0 Å². The number of carbonyl (C=O) groups is 1. The maximum Gasteiger partial charge on any atom is 0.259 e. The molecule has 0 N–H and O–H groups in total. The number of amides is 1. The second kappa shape index (κ2) is 9.24. The van der Waals surface area contributed by atoms with E-state index in [-0.39, 0.29) is 5.91 Å². The van der Waals surface area contributed by atoms with Gasteiger partial charge in [0.1, 0.15) is 17.9 Å². The number of methoxy groups -OCH3 is 1. The molecule has 3 heterocycles. The fourth-order valence-corrected chi connectivity index (χ4v) is 3.77. The molecule has 7 nitrogen and oxygen atoms in total. The van der Waals surface area contributed by atoms with Crippen molar-refractivity contribution in [3.63, 3.8) is 0 Å². The van der Waals surface area contributed by atoms with Crippen molar-refractivity contribution in [3.05, 3.63) is 53.2 Å². The molecule has 0 atom stereocenters. The SMILES string of the molecule is COCCOc1ncccc1C(=O)N1CCN(Cc2ccc3c(c2)CCO3)CC1. The Kier molecular flexibility index (Phi) is 6.27. The van der Waals surface area contributed by atoms with Crippen LogP contribution in [0.25, 0.3) is 0 Å². The molecule has 0 bridgehead atoms. The molecule has 1 saturated heterocycles. The second-order valence-electron chi connectivity index (χ2n) is 7.31. The Balaban J connectivity index is 1.33. The molecular weight excluding hydrogens is 370 g/mol. The number of fused-ring (bicyclic) bond motifs is 1. The van der Waals surface area contributed by atoms with Gasteiger partial charge in [-0.05, 0) is 29.3 Å². The van der Waals surface area contributed by atoms with Gasteiger partial charge >= 0.3 is 0 Å². The van der Waals surface area contributed by atoms with E-state index in [1.165, 1.54) is 11.1 Å². The summed E-state index contributed by atoms with van der Waals surface area (Å²) in [6, 6.07) is 10.0. The van der Waals surface area contributed by atoms with Crippen LogP contribution in [-0.4, -0.2) is 73.8 Å². The van der Waals surface area contributed by atoms with Gasteiger partial charge in [-0.1, -0.05) is 12.1 Å². The third kappa shape index (κ3) is 4.68. The molecule has 4 rings (SSSR count). The van der Waals surface area contributed by atoms with Gasteiger partial charge in [-0.25, -0.2) is 4.98 Å². The van der Waals surface area contributed by atoms with Crippen molar-refractivity contribution in [1.82, 2.24) is 14.8 Å². The topological polar surface area (TPSA) is 64.1 Å². The normalized spacial score (nSPS) is 16.4. The van der Waals surface area contributed by atoms with E-state index in [1.54, 1.807) is 25.4 Å². The molecule has 29 heavy (non-hydrogen) atoms. The summed E-state index contributed by atoms with van der Waals surface area (Å²) in [4.78, 5) is 21.5. The molecule has 0 radical (unpaired) electrons. The van der Waals surface area contributed by atoms with Gasteiger partial charge in [0, 0.05) is 52.5 Å². The van der Waals surface area contributed by atoms with Crippen LogP contribution in [-0.2, 0) is 17.7 Å². The number of pyridine rings is 1. The third-order valence-corrected chi connectivity index (χ3v) is 5.35. The van der Waals surface area contributed by atoms with Crippen LogP contribution in [0.15, 0.2) is 36.5 Å². The number of aromatic nitrogens is 1. The van der Waals surface area contributed by atoms with Crippen LogP contribution in [0, 0.1) is 0 Å². The lowest BCUT2D eigenvalue weighted by Gasteiger charge is -2.35. The van der Waals surface area contributed by atoms with Gasteiger partial charge in [0.15, 0.2) is 0 Å². The number of ether oxygens (including phenoxy) is 3. The largest absolute Gasteiger partial charge is 0.493 e. The maximum atomic E-state index is 13.0. The Morgan fingerprint density at radius 2 is 2.03 bits per heavy atom.